The quantitative estimate of drug-likeness (QED) is 0.456. The van der Waals surface area contributed by atoms with Crippen molar-refractivity contribution in [3.63, 3.8) is 0 Å². The molecular weight excluding hydrogens is 430 g/mol. The summed E-state index contributed by atoms with van der Waals surface area (Å²) in [7, 11) is 1.66. The van der Waals surface area contributed by atoms with Crippen LogP contribution in [0.5, 0.6) is 17.2 Å². The van der Waals surface area contributed by atoms with Gasteiger partial charge in [0.1, 0.15) is 5.75 Å². The lowest BCUT2D eigenvalue weighted by Gasteiger charge is -2.21. The first-order valence-electron chi connectivity index (χ1n) is 11.1. The Labute approximate surface area is 196 Å². The van der Waals surface area contributed by atoms with E-state index in [-0.39, 0.29) is 18.7 Å². The first kappa shape index (κ1) is 20.4. The lowest BCUT2D eigenvalue weighted by atomic mass is 9.97. The van der Waals surface area contributed by atoms with Crippen LogP contribution >= 0.6 is 0 Å². The van der Waals surface area contributed by atoms with Gasteiger partial charge in [0.25, 0.3) is 5.91 Å². The van der Waals surface area contributed by atoms with Crippen molar-refractivity contribution in [2.24, 2.45) is 0 Å². The molecule has 3 aromatic carbocycles. The van der Waals surface area contributed by atoms with Gasteiger partial charge in [-0.1, -0.05) is 29.8 Å². The number of aromatic nitrogens is 1. The maximum Gasteiger partial charge on any atom is 0.262 e. The van der Waals surface area contributed by atoms with E-state index in [9.17, 15) is 4.79 Å². The number of nitrogens with two attached hydrogens (primary N) is 1. The Bertz CT molecular complexity index is 1500. The Morgan fingerprint density at radius 3 is 2.71 bits per heavy atom. The number of carbonyl (C=O) groups excluding carboxylic acids is 1. The molecule has 2 N–H and O–H groups in total. The summed E-state index contributed by atoms with van der Waals surface area (Å²) in [5.41, 5.74) is 12.6. The number of benzene rings is 3. The largest absolute Gasteiger partial charge is 0.496 e. The highest BCUT2D eigenvalue weighted by atomic mass is 16.7. The number of methoxy groups -OCH3 is 1. The molecule has 0 radical (unpaired) electrons. The third kappa shape index (κ3) is 2.83. The van der Waals surface area contributed by atoms with Crippen LogP contribution in [-0.2, 0) is 0 Å². The first-order chi connectivity index (χ1) is 16.5. The standard InChI is InChI=1S/C27H23N3O4/c1-14-7-9-20(32-3)19(11-14)17-5-4-6-18-24(28)23-25(29-26(17)18)15(2)30(27(23)31)16-8-10-21-22(12-16)34-13-33-21/h4-12,15H,13H2,1-3H3,(H2,28,29). The summed E-state index contributed by atoms with van der Waals surface area (Å²) >= 11 is 0. The molecule has 0 spiro atoms. The summed E-state index contributed by atoms with van der Waals surface area (Å²) in [5.74, 6) is 1.87. The normalized spacial score (nSPS) is 16.3. The van der Waals surface area contributed by atoms with Crippen molar-refractivity contribution in [2.75, 3.05) is 24.5 Å². The van der Waals surface area contributed by atoms with Crippen LogP contribution in [0.3, 0.4) is 0 Å². The molecule has 2 aliphatic heterocycles. The van der Waals surface area contributed by atoms with Crippen molar-refractivity contribution < 1.29 is 19.0 Å². The first-order valence-corrected chi connectivity index (χ1v) is 11.1. The lowest BCUT2D eigenvalue weighted by Crippen LogP contribution is -2.26. The van der Waals surface area contributed by atoms with Crippen LogP contribution in [0.1, 0.15) is 34.6 Å². The van der Waals surface area contributed by atoms with Gasteiger partial charge in [-0.25, -0.2) is 4.98 Å². The number of ether oxygens (including phenoxy) is 3. The summed E-state index contributed by atoms with van der Waals surface area (Å²) in [6.07, 6.45) is 0. The van der Waals surface area contributed by atoms with Gasteiger partial charge < -0.3 is 19.9 Å². The monoisotopic (exact) mass is 453 g/mol. The molecule has 4 aromatic rings. The second-order valence-corrected chi connectivity index (χ2v) is 8.58. The maximum atomic E-state index is 13.6. The molecule has 1 aromatic heterocycles. The molecule has 1 amide bonds. The van der Waals surface area contributed by atoms with E-state index < -0.39 is 0 Å². The van der Waals surface area contributed by atoms with E-state index in [0.29, 0.717) is 34.1 Å². The molecular formula is C27H23N3O4. The third-order valence-corrected chi connectivity index (χ3v) is 6.58. The fourth-order valence-corrected chi connectivity index (χ4v) is 4.90. The van der Waals surface area contributed by atoms with Crippen LogP contribution < -0.4 is 24.8 Å². The highest BCUT2D eigenvalue weighted by Gasteiger charge is 2.39. The Morgan fingerprint density at radius 1 is 1.06 bits per heavy atom. The minimum Gasteiger partial charge on any atom is -0.496 e. The molecule has 0 bridgehead atoms. The molecule has 0 saturated heterocycles. The Morgan fingerprint density at radius 2 is 1.88 bits per heavy atom. The SMILES string of the molecule is COc1ccc(C)cc1-c1cccc2c(N)c3c(nc12)C(C)N(c1ccc2c(c1)OCO2)C3=O. The second kappa shape index (κ2) is 7.38. The summed E-state index contributed by atoms with van der Waals surface area (Å²) in [4.78, 5) is 20.3. The Hall–Kier alpha value is -4.26. The molecule has 7 nitrogen and oxygen atoms in total. The fourth-order valence-electron chi connectivity index (χ4n) is 4.90. The number of aryl methyl sites for hydroxylation is 1. The number of amides is 1. The van der Waals surface area contributed by atoms with Crippen LogP contribution in [0.2, 0.25) is 0 Å². The summed E-state index contributed by atoms with van der Waals surface area (Å²) in [6, 6.07) is 17.1. The van der Waals surface area contributed by atoms with E-state index in [1.165, 1.54) is 0 Å². The van der Waals surface area contributed by atoms with Crippen LogP contribution in [0.15, 0.2) is 54.6 Å². The van der Waals surface area contributed by atoms with Crippen LogP contribution in [0, 0.1) is 6.92 Å². The molecule has 3 heterocycles. The highest BCUT2D eigenvalue weighted by molar-refractivity contribution is 6.18. The zero-order valence-electron chi connectivity index (χ0n) is 19.1. The minimum absolute atomic E-state index is 0.174. The molecule has 0 saturated carbocycles. The smallest absolute Gasteiger partial charge is 0.262 e. The number of para-hydroxylation sites is 1. The molecule has 0 fully saturated rings. The molecule has 7 heteroatoms. The van der Waals surface area contributed by atoms with Crippen molar-refractivity contribution >= 4 is 28.2 Å². The van der Waals surface area contributed by atoms with Crippen molar-refractivity contribution in [3.05, 3.63) is 71.4 Å². The van der Waals surface area contributed by atoms with E-state index in [2.05, 4.69) is 6.07 Å². The number of fused-ring (bicyclic) bond motifs is 3. The Balaban J connectivity index is 1.54. The van der Waals surface area contributed by atoms with Crippen LogP contribution in [0.25, 0.3) is 22.0 Å². The predicted molar refractivity (Wildman–Crippen MR) is 131 cm³/mol. The molecule has 1 unspecified atom stereocenters. The van der Waals surface area contributed by atoms with Gasteiger partial charge in [0, 0.05) is 28.3 Å². The number of hydrogen-bond donors (Lipinski definition) is 1. The van der Waals surface area contributed by atoms with E-state index in [0.717, 1.165) is 33.3 Å². The topological polar surface area (TPSA) is 86.9 Å². The van der Waals surface area contributed by atoms with Crippen molar-refractivity contribution in [2.45, 2.75) is 19.9 Å². The van der Waals surface area contributed by atoms with Crippen molar-refractivity contribution in [1.82, 2.24) is 4.98 Å². The van der Waals surface area contributed by atoms with Crippen molar-refractivity contribution in [3.8, 4) is 28.4 Å². The summed E-state index contributed by atoms with van der Waals surface area (Å²) in [6.45, 7) is 4.17. The second-order valence-electron chi connectivity index (χ2n) is 8.58. The average molecular weight is 453 g/mol. The number of nitrogen functional groups attached to an aromatic ring is 1. The number of hydrogen-bond acceptors (Lipinski definition) is 6. The predicted octanol–water partition coefficient (Wildman–Crippen LogP) is 5.25. The number of pyridine rings is 1. The van der Waals surface area contributed by atoms with Gasteiger partial charge in [0.2, 0.25) is 6.79 Å². The summed E-state index contributed by atoms with van der Waals surface area (Å²) < 4.78 is 16.6. The lowest BCUT2D eigenvalue weighted by molar-refractivity contribution is 0.0993. The molecule has 2 aliphatic rings. The molecule has 34 heavy (non-hydrogen) atoms. The third-order valence-electron chi connectivity index (χ3n) is 6.58. The van der Waals surface area contributed by atoms with Gasteiger partial charge in [0.15, 0.2) is 11.5 Å². The van der Waals surface area contributed by atoms with Gasteiger partial charge in [-0.15, -0.1) is 0 Å². The molecule has 0 aliphatic carbocycles. The number of anilines is 2. The zero-order valence-corrected chi connectivity index (χ0v) is 19.1. The van der Waals surface area contributed by atoms with Gasteiger partial charge in [-0.05, 0) is 38.1 Å². The zero-order chi connectivity index (χ0) is 23.6. The van der Waals surface area contributed by atoms with Gasteiger partial charge in [0.05, 0.1) is 35.6 Å². The van der Waals surface area contributed by atoms with Gasteiger partial charge in [-0.2, -0.15) is 0 Å². The van der Waals surface area contributed by atoms with E-state index in [4.69, 9.17) is 24.9 Å². The van der Waals surface area contributed by atoms with Crippen molar-refractivity contribution in [1.29, 1.82) is 0 Å². The van der Waals surface area contributed by atoms with E-state index in [1.54, 1.807) is 12.0 Å². The Kier molecular flexibility index (Phi) is 4.42. The van der Waals surface area contributed by atoms with E-state index >= 15 is 0 Å². The van der Waals surface area contributed by atoms with Gasteiger partial charge in [-0.3, -0.25) is 9.69 Å². The maximum absolute atomic E-state index is 13.6. The van der Waals surface area contributed by atoms with Crippen LogP contribution in [0.4, 0.5) is 11.4 Å². The van der Waals surface area contributed by atoms with Crippen LogP contribution in [-0.4, -0.2) is 24.8 Å². The summed E-state index contributed by atoms with van der Waals surface area (Å²) in [5, 5.41) is 0.743. The van der Waals surface area contributed by atoms with Gasteiger partial charge >= 0.3 is 0 Å². The molecule has 1 atom stereocenters. The minimum atomic E-state index is -0.304. The number of rotatable bonds is 3. The fraction of sp³-hybridized carbons (Fsp3) is 0.185. The molecule has 170 valence electrons. The highest BCUT2D eigenvalue weighted by Crippen LogP contribution is 2.45. The number of nitrogens with zero attached hydrogens (tertiary/aromatic N) is 2. The molecule has 6 rings (SSSR count). The average Bonchev–Trinajstić information content (AvgIpc) is 3.40. The van der Waals surface area contributed by atoms with E-state index in [1.807, 2.05) is 62.4 Å². The number of carbonyl (C=O) groups is 1.